The molecule has 3 amide bonds. The summed E-state index contributed by atoms with van der Waals surface area (Å²) in [4.78, 5) is 35.3. The summed E-state index contributed by atoms with van der Waals surface area (Å²) in [5.74, 6) is -2.34. The van der Waals surface area contributed by atoms with Gasteiger partial charge < -0.3 is 10.6 Å². The molecule has 0 atom stereocenters. The van der Waals surface area contributed by atoms with E-state index < -0.39 is 11.8 Å². The second kappa shape index (κ2) is 7.51. The number of carbonyl (C=O) groups excluding carboxylic acids is 3. The number of amides is 3. The standard InChI is InChI=1S/C14H16IN3O3/c15-10-1-3-11(4-2-10)17-13(20)14(21)18-12(19)9-5-7-16-8-6-9/h1-4,9,16H,5-8H2,(H,17,20)(H,18,19,21). The summed E-state index contributed by atoms with van der Waals surface area (Å²) >= 11 is 2.14. The fourth-order valence-corrected chi connectivity index (χ4v) is 2.44. The third-order valence-electron chi connectivity index (χ3n) is 3.25. The van der Waals surface area contributed by atoms with Crippen LogP contribution < -0.4 is 16.0 Å². The Morgan fingerprint density at radius 3 is 2.29 bits per heavy atom. The zero-order valence-corrected chi connectivity index (χ0v) is 13.5. The van der Waals surface area contributed by atoms with Gasteiger partial charge in [0.25, 0.3) is 0 Å². The molecule has 0 radical (unpaired) electrons. The fourth-order valence-electron chi connectivity index (χ4n) is 2.08. The third kappa shape index (κ3) is 4.78. The summed E-state index contributed by atoms with van der Waals surface area (Å²) in [5, 5.41) is 7.76. The number of halogens is 1. The van der Waals surface area contributed by atoms with E-state index in [0.717, 1.165) is 16.7 Å². The first-order chi connectivity index (χ1) is 10.1. The van der Waals surface area contributed by atoms with Gasteiger partial charge in [0.05, 0.1) is 0 Å². The van der Waals surface area contributed by atoms with E-state index in [1.165, 1.54) is 0 Å². The van der Waals surface area contributed by atoms with Gasteiger partial charge in [0, 0.05) is 15.2 Å². The number of hydrogen-bond acceptors (Lipinski definition) is 4. The number of nitrogens with one attached hydrogen (secondary N) is 3. The van der Waals surface area contributed by atoms with Gasteiger partial charge in [0.1, 0.15) is 0 Å². The molecule has 2 rings (SSSR count). The molecule has 0 unspecified atom stereocenters. The van der Waals surface area contributed by atoms with Crippen molar-refractivity contribution in [2.45, 2.75) is 12.8 Å². The molecule has 1 fully saturated rings. The smallest absolute Gasteiger partial charge is 0.316 e. The van der Waals surface area contributed by atoms with Crippen LogP contribution in [0.2, 0.25) is 0 Å². The lowest BCUT2D eigenvalue weighted by atomic mass is 9.97. The van der Waals surface area contributed by atoms with Gasteiger partial charge in [-0.1, -0.05) is 0 Å². The van der Waals surface area contributed by atoms with Gasteiger partial charge in [0.15, 0.2) is 0 Å². The second-order valence-electron chi connectivity index (χ2n) is 4.80. The first-order valence-electron chi connectivity index (χ1n) is 6.69. The van der Waals surface area contributed by atoms with Crippen LogP contribution >= 0.6 is 22.6 Å². The Labute approximate surface area is 136 Å². The first kappa shape index (κ1) is 15.9. The van der Waals surface area contributed by atoms with E-state index in [1.807, 2.05) is 12.1 Å². The molecule has 6 nitrogen and oxygen atoms in total. The Morgan fingerprint density at radius 1 is 1.05 bits per heavy atom. The maximum atomic E-state index is 11.9. The van der Waals surface area contributed by atoms with Crippen molar-refractivity contribution >= 4 is 46.0 Å². The van der Waals surface area contributed by atoms with Crippen molar-refractivity contribution in [1.29, 1.82) is 0 Å². The lowest BCUT2D eigenvalue weighted by Gasteiger charge is -2.21. The highest BCUT2D eigenvalue weighted by Crippen LogP contribution is 2.12. The summed E-state index contributed by atoms with van der Waals surface area (Å²) in [5.41, 5.74) is 0.518. The third-order valence-corrected chi connectivity index (χ3v) is 3.97. The van der Waals surface area contributed by atoms with Crippen molar-refractivity contribution in [2.24, 2.45) is 5.92 Å². The Balaban J connectivity index is 1.85. The van der Waals surface area contributed by atoms with Crippen LogP contribution in [0.4, 0.5) is 5.69 Å². The predicted molar refractivity (Wildman–Crippen MR) is 86.5 cm³/mol. The fraction of sp³-hybridized carbons (Fsp3) is 0.357. The molecular formula is C14H16IN3O3. The van der Waals surface area contributed by atoms with Crippen LogP contribution in [0.25, 0.3) is 0 Å². The van der Waals surface area contributed by atoms with Crippen LogP contribution in [0.1, 0.15) is 12.8 Å². The Hall–Kier alpha value is -1.48. The van der Waals surface area contributed by atoms with Crippen molar-refractivity contribution in [1.82, 2.24) is 10.6 Å². The molecule has 1 aliphatic rings. The largest absolute Gasteiger partial charge is 0.318 e. The predicted octanol–water partition coefficient (Wildman–Crippen LogP) is 0.872. The van der Waals surface area contributed by atoms with E-state index in [0.29, 0.717) is 18.5 Å². The van der Waals surface area contributed by atoms with Crippen molar-refractivity contribution in [3.05, 3.63) is 27.8 Å². The molecule has 0 aromatic heterocycles. The van der Waals surface area contributed by atoms with Gasteiger partial charge >= 0.3 is 11.8 Å². The molecule has 21 heavy (non-hydrogen) atoms. The second-order valence-corrected chi connectivity index (χ2v) is 6.05. The zero-order chi connectivity index (χ0) is 15.2. The quantitative estimate of drug-likeness (QED) is 0.507. The van der Waals surface area contributed by atoms with Crippen molar-refractivity contribution in [2.75, 3.05) is 18.4 Å². The lowest BCUT2D eigenvalue weighted by molar-refractivity contribution is -0.141. The van der Waals surface area contributed by atoms with E-state index in [4.69, 9.17) is 0 Å². The van der Waals surface area contributed by atoms with Crippen LogP contribution in [0.5, 0.6) is 0 Å². The molecule has 0 saturated carbocycles. The van der Waals surface area contributed by atoms with E-state index in [1.54, 1.807) is 12.1 Å². The maximum Gasteiger partial charge on any atom is 0.316 e. The molecule has 1 aromatic carbocycles. The van der Waals surface area contributed by atoms with Gasteiger partial charge in [-0.3, -0.25) is 19.7 Å². The number of carbonyl (C=O) groups is 3. The van der Waals surface area contributed by atoms with Crippen molar-refractivity contribution in [3.8, 4) is 0 Å². The number of hydrogen-bond donors (Lipinski definition) is 3. The first-order valence-corrected chi connectivity index (χ1v) is 7.76. The lowest BCUT2D eigenvalue weighted by Crippen LogP contribution is -2.44. The Morgan fingerprint density at radius 2 is 1.67 bits per heavy atom. The zero-order valence-electron chi connectivity index (χ0n) is 11.3. The average molecular weight is 401 g/mol. The summed E-state index contributed by atoms with van der Waals surface area (Å²) in [7, 11) is 0. The monoisotopic (exact) mass is 401 g/mol. The molecule has 0 aliphatic carbocycles. The van der Waals surface area contributed by atoms with E-state index in [-0.39, 0.29) is 11.8 Å². The Kier molecular flexibility index (Phi) is 5.68. The van der Waals surface area contributed by atoms with Crippen LogP contribution in [-0.4, -0.2) is 30.8 Å². The molecule has 112 valence electrons. The molecule has 1 aliphatic heterocycles. The van der Waals surface area contributed by atoms with Crippen LogP contribution in [0.15, 0.2) is 24.3 Å². The molecule has 1 saturated heterocycles. The minimum atomic E-state index is -0.919. The van der Waals surface area contributed by atoms with Crippen LogP contribution in [0, 0.1) is 9.49 Å². The average Bonchev–Trinajstić information content (AvgIpc) is 2.50. The maximum absolute atomic E-state index is 11.9. The van der Waals surface area contributed by atoms with Gasteiger partial charge in [-0.15, -0.1) is 0 Å². The molecule has 1 aromatic rings. The molecule has 0 bridgehead atoms. The molecule has 1 heterocycles. The van der Waals surface area contributed by atoms with Crippen molar-refractivity contribution < 1.29 is 14.4 Å². The van der Waals surface area contributed by atoms with Crippen LogP contribution in [0.3, 0.4) is 0 Å². The number of rotatable bonds is 2. The van der Waals surface area contributed by atoms with E-state index in [9.17, 15) is 14.4 Å². The minimum absolute atomic E-state index is 0.207. The molecule has 7 heteroatoms. The SMILES string of the molecule is O=C(NC(=O)C1CCNCC1)C(=O)Nc1ccc(I)cc1. The van der Waals surface area contributed by atoms with Gasteiger partial charge in [-0.25, -0.2) is 0 Å². The number of piperidine rings is 1. The van der Waals surface area contributed by atoms with E-state index in [2.05, 4.69) is 38.5 Å². The molecule has 3 N–H and O–H groups in total. The highest BCUT2D eigenvalue weighted by atomic mass is 127. The topological polar surface area (TPSA) is 87.3 Å². The van der Waals surface area contributed by atoms with Crippen LogP contribution in [-0.2, 0) is 14.4 Å². The highest BCUT2D eigenvalue weighted by Gasteiger charge is 2.24. The van der Waals surface area contributed by atoms with E-state index >= 15 is 0 Å². The van der Waals surface area contributed by atoms with Gasteiger partial charge in [-0.05, 0) is 72.8 Å². The van der Waals surface area contributed by atoms with Gasteiger partial charge in [-0.2, -0.15) is 0 Å². The summed E-state index contributed by atoms with van der Waals surface area (Å²) < 4.78 is 1.02. The van der Waals surface area contributed by atoms with Gasteiger partial charge in [0.2, 0.25) is 5.91 Å². The Bertz CT molecular complexity index is 539. The minimum Gasteiger partial charge on any atom is -0.318 e. The summed E-state index contributed by atoms with van der Waals surface area (Å²) in [6.07, 6.45) is 1.36. The normalized spacial score (nSPS) is 15.3. The summed E-state index contributed by atoms with van der Waals surface area (Å²) in [6, 6.07) is 7.02. The number of anilines is 1. The van der Waals surface area contributed by atoms with Crippen molar-refractivity contribution in [3.63, 3.8) is 0 Å². The number of benzene rings is 1. The highest BCUT2D eigenvalue weighted by molar-refractivity contribution is 14.1. The summed E-state index contributed by atoms with van der Waals surface area (Å²) in [6.45, 7) is 1.50. The molecular weight excluding hydrogens is 385 g/mol. The molecule has 0 spiro atoms. The number of imide groups is 1.